The van der Waals surface area contributed by atoms with E-state index in [2.05, 4.69) is 29.2 Å². The number of aromatic nitrogens is 3. The van der Waals surface area contributed by atoms with Crippen LogP contribution in [0.25, 0.3) is 0 Å². The van der Waals surface area contributed by atoms with E-state index in [1.54, 1.807) is 6.33 Å². The van der Waals surface area contributed by atoms with Gasteiger partial charge in [0.25, 0.3) is 0 Å². The Balaban J connectivity index is 1.72. The summed E-state index contributed by atoms with van der Waals surface area (Å²) in [5.41, 5.74) is 0.429. The van der Waals surface area contributed by atoms with Gasteiger partial charge in [0, 0.05) is 20.0 Å². The zero-order chi connectivity index (χ0) is 14.2. The maximum absolute atomic E-state index is 4.48. The number of nitrogens with one attached hydrogen (secondary N) is 1. The Morgan fingerprint density at radius 1 is 1.45 bits per heavy atom. The van der Waals surface area contributed by atoms with Gasteiger partial charge in [0.05, 0.1) is 0 Å². The van der Waals surface area contributed by atoms with Crippen molar-refractivity contribution < 1.29 is 0 Å². The van der Waals surface area contributed by atoms with Crippen LogP contribution in [0.15, 0.2) is 6.33 Å². The molecule has 20 heavy (non-hydrogen) atoms. The minimum atomic E-state index is 0.429. The van der Waals surface area contributed by atoms with Crippen LogP contribution in [0.1, 0.15) is 45.4 Å². The van der Waals surface area contributed by atoms with Gasteiger partial charge in [-0.2, -0.15) is 5.10 Å². The molecule has 0 spiro atoms. The normalized spacial score (nSPS) is 32.4. The van der Waals surface area contributed by atoms with E-state index in [-0.39, 0.29) is 0 Å². The number of hydrogen-bond donors (Lipinski definition) is 1. The Bertz CT molecular complexity index is 453. The SMILES string of the molecule is CC(C)CNCC1(Cc2ncnn2C)CC2CCC1C2. The lowest BCUT2D eigenvalue weighted by molar-refractivity contribution is 0.150. The zero-order valence-corrected chi connectivity index (χ0v) is 13.1. The molecule has 0 radical (unpaired) electrons. The molecular formula is C16H28N4. The highest BCUT2D eigenvalue weighted by molar-refractivity contribution is 5.06. The molecule has 1 N–H and O–H groups in total. The summed E-state index contributed by atoms with van der Waals surface area (Å²) in [5, 5.41) is 7.97. The van der Waals surface area contributed by atoms with Crippen molar-refractivity contribution in [3.63, 3.8) is 0 Å². The summed E-state index contributed by atoms with van der Waals surface area (Å²) in [6, 6.07) is 0. The summed E-state index contributed by atoms with van der Waals surface area (Å²) >= 11 is 0. The second-order valence-electron chi connectivity index (χ2n) is 7.44. The van der Waals surface area contributed by atoms with E-state index in [0.717, 1.165) is 43.1 Å². The van der Waals surface area contributed by atoms with Crippen LogP contribution >= 0.6 is 0 Å². The maximum atomic E-state index is 4.48. The summed E-state index contributed by atoms with van der Waals surface area (Å²) in [6.07, 6.45) is 8.49. The van der Waals surface area contributed by atoms with Gasteiger partial charge in [-0.1, -0.05) is 20.3 Å². The molecule has 2 fully saturated rings. The Hall–Kier alpha value is -0.900. The van der Waals surface area contributed by atoms with Crippen LogP contribution in [0, 0.1) is 23.2 Å². The average molecular weight is 276 g/mol. The second kappa shape index (κ2) is 5.47. The molecule has 1 aromatic heterocycles. The molecule has 4 nitrogen and oxygen atoms in total. The van der Waals surface area contributed by atoms with Gasteiger partial charge in [0.15, 0.2) is 0 Å². The van der Waals surface area contributed by atoms with Crippen LogP contribution in [0.2, 0.25) is 0 Å². The highest BCUT2D eigenvalue weighted by Gasteiger charge is 2.50. The van der Waals surface area contributed by atoms with E-state index in [9.17, 15) is 0 Å². The van der Waals surface area contributed by atoms with E-state index in [1.165, 1.54) is 25.7 Å². The predicted octanol–water partition coefficient (Wildman–Crippen LogP) is 2.41. The largest absolute Gasteiger partial charge is 0.316 e. The third-order valence-corrected chi connectivity index (χ3v) is 5.45. The van der Waals surface area contributed by atoms with Crippen molar-refractivity contribution in [3.05, 3.63) is 12.2 Å². The number of aryl methyl sites for hydroxylation is 1. The zero-order valence-electron chi connectivity index (χ0n) is 13.1. The third kappa shape index (κ3) is 2.62. The molecule has 1 heterocycles. The van der Waals surface area contributed by atoms with Gasteiger partial charge in [0.2, 0.25) is 0 Å². The van der Waals surface area contributed by atoms with E-state index in [1.807, 2.05) is 11.7 Å². The lowest BCUT2D eigenvalue weighted by atomic mass is 9.70. The molecule has 1 aromatic rings. The van der Waals surface area contributed by atoms with Gasteiger partial charge in [-0.25, -0.2) is 4.98 Å². The highest BCUT2D eigenvalue weighted by Crippen LogP contribution is 2.56. The molecule has 3 unspecified atom stereocenters. The molecule has 0 aromatic carbocycles. The van der Waals surface area contributed by atoms with Gasteiger partial charge in [-0.15, -0.1) is 0 Å². The van der Waals surface area contributed by atoms with Crippen LogP contribution in [-0.2, 0) is 13.5 Å². The molecule has 3 rings (SSSR count). The summed E-state index contributed by atoms with van der Waals surface area (Å²) in [5.74, 6) is 3.74. The van der Waals surface area contributed by atoms with Gasteiger partial charge in [0.1, 0.15) is 12.2 Å². The summed E-state index contributed by atoms with van der Waals surface area (Å²) in [6.45, 7) is 6.84. The lowest BCUT2D eigenvalue weighted by Gasteiger charge is -2.38. The van der Waals surface area contributed by atoms with Crippen molar-refractivity contribution in [2.75, 3.05) is 13.1 Å². The fourth-order valence-electron chi connectivity index (χ4n) is 4.46. The molecule has 2 saturated carbocycles. The van der Waals surface area contributed by atoms with Crippen molar-refractivity contribution in [3.8, 4) is 0 Å². The smallest absolute Gasteiger partial charge is 0.138 e. The van der Waals surface area contributed by atoms with Crippen LogP contribution in [0.3, 0.4) is 0 Å². The first-order valence-electron chi connectivity index (χ1n) is 8.13. The second-order valence-corrected chi connectivity index (χ2v) is 7.44. The fourth-order valence-corrected chi connectivity index (χ4v) is 4.46. The van der Waals surface area contributed by atoms with Crippen LogP contribution < -0.4 is 5.32 Å². The van der Waals surface area contributed by atoms with Crippen LogP contribution in [0.4, 0.5) is 0 Å². The average Bonchev–Trinajstić information content (AvgIpc) is 3.06. The van der Waals surface area contributed by atoms with Crippen LogP contribution in [-0.4, -0.2) is 27.9 Å². The van der Waals surface area contributed by atoms with Crippen molar-refractivity contribution in [2.45, 2.75) is 46.0 Å². The third-order valence-electron chi connectivity index (χ3n) is 5.45. The van der Waals surface area contributed by atoms with Crippen LogP contribution in [0.5, 0.6) is 0 Å². The Morgan fingerprint density at radius 3 is 2.85 bits per heavy atom. The van der Waals surface area contributed by atoms with E-state index >= 15 is 0 Å². The molecule has 0 amide bonds. The summed E-state index contributed by atoms with van der Waals surface area (Å²) in [4.78, 5) is 4.48. The van der Waals surface area contributed by atoms with Gasteiger partial charge < -0.3 is 5.32 Å². The Labute approximate surface area is 122 Å². The number of nitrogens with zero attached hydrogens (tertiary/aromatic N) is 3. The molecule has 2 aliphatic rings. The lowest BCUT2D eigenvalue weighted by Crippen LogP contribution is -2.42. The van der Waals surface area contributed by atoms with Gasteiger partial charge >= 0.3 is 0 Å². The minimum Gasteiger partial charge on any atom is -0.316 e. The number of rotatable bonds is 6. The van der Waals surface area contributed by atoms with Crippen molar-refractivity contribution in [1.82, 2.24) is 20.1 Å². The Kier molecular flexibility index (Phi) is 3.85. The molecule has 0 saturated heterocycles. The molecular weight excluding hydrogens is 248 g/mol. The summed E-state index contributed by atoms with van der Waals surface area (Å²) in [7, 11) is 2.02. The predicted molar refractivity (Wildman–Crippen MR) is 80.3 cm³/mol. The number of hydrogen-bond acceptors (Lipinski definition) is 3. The minimum absolute atomic E-state index is 0.429. The van der Waals surface area contributed by atoms with E-state index in [0.29, 0.717) is 5.41 Å². The van der Waals surface area contributed by atoms with Gasteiger partial charge in [-0.05, 0) is 49.0 Å². The first-order chi connectivity index (χ1) is 9.59. The topological polar surface area (TPSA) is 42.7 Å². The first-order valence-corrected chi connectivity index (χ1v) is 8.13. The molecule has 2 aliphatic carbocycles. The molecule has 2 bridgehead atoms. The molecule has 0 aliphatic heterocycles. The standard InChI is InChI=1S/C16H28N4/c1-12(2)9-17-10-16(7-13-4-5-14(16)6-13)8-15-18-11-19-20(15)3/h11-14,17H,4-10H2,1-3H3. The monoisotopic (exact) mass is 276 g/mol. The molecule has 112 valence electrons. The summed E-state index contributed by atoms with van der Waals surface area (Å²) < 4.78 is 1.95. The highest BCUT2D eigenvalue weighted by atomic mass is 15.3. The number of fused-ring (bicyclic) bond motifs is 2. The van der Waals surface area contributed by atoms with Gasteiger partial charge in [-0.3, -0.25) is 4.68 Å². The molecule has 3 atom stereocenters. The van der Waals surface area contributed by atoms with Crippen molar-refractivity contribution in [2.24, 2.45) is 30.2 Å². The Morgan fingerprint density at radius 2 is 2.30 bits per heavy atom. The molecule has 4 heteroatoms. The maximum Gasteiger partial charge on any atom is 0.138 e. The first kappa shape index (κ1) is 14.1. The van der Waals surface area contributed by atoms with Crippen molar-refractivity contribution >= 4 is 0 Å². The fraction of sp³-hybridized carbons (Fsp3) is 0.875. The van der Waals surface area contributed by atoms with E-state index < -0.39 is 0 Å². The quantitative estimate of drug-likeness (QED) is 0.867. The van der Waals surface area contributed by atoms with E-state index in [4.69, 9.17) is 0 Å². The van der Waals surface area contributed by atoms with Crippen molar-refractivity contribution in [1.29, 1.82) is 0 Å².